The number of benzene rings is 2. The van der Waals surface area contributed by atoms with E-state index in [9.17, 15) is 4.79 Å². The number of ether oxygens (including phenoxy) is 1. The average Bonchev–Trinajstić information content (AvgIpc) is 2.58. The molecule has 0 aliphatic rings. The number of amides is 1. The molecule has 0 radical (unpaired) electrons. The van der Waals surface area contributed by atoms with Gasteiger partial charge in [0.2, 0.25) is 5.91 Å². The molecular formula is C19H23ClN2O2. The van der Waals surface area contributed by atoms with Crippen molar-refractivity contribution >= 4 is 23.2 Å². The van der Waals surface area contributed by atoms with Crippen molar-refractivity contribution in [3.63, 3.8) is 0 Å². The summed E-state index contributed by atoms with van der Waals surface area (Å²) in [5.74, 6) is 0.768. The first-order valence-corrected chi connectivity index (χ1v) is 8.36. The summed E-state index contributed by atoms with van der Waals surface area (Å²) in [6.07, 6.45) is 0. The van der Waals surface area contributed by atoms with Gasteiger partial charge >= 0.3 is 0 Å². The van der Waals surface area contributed by atoms with Gasteiger partial charge in [-0.1, -0.05) is 35.9 Å². The summed E-state index contributed by atoms with van der Waals surface area (Å²) in [6.45, 7) is 5.16. The highest BCUT2D eigenvalue weighted by atomic mass is 35.5. The van der Waals surface area contributed by atoms with Gasteiger partial charge in [0.1, 0.15) is 5.75 Å². The number of nitrogens with zero attached hydrogens (tertiary/aromatic N) is 1. The fraction of sp³-hybridized carbons (Fsp3) is 0.316. The molecule has 0 saturated heterocycles. The molecule has 0 aliphatic carbocycles. The third kappa shape index (κ3) is 4.98. The van der Waals surface area contributed by atoms with E-state index in [-0.39, 0.29) is 11.9 Å². The zero-order valence-electron chi connectivity index (χ0n) is 14.3. The van der Waals surface area contributed by atoms with Crippen LogP contribution in [-0.4, -0.2) is 30.5 Å². The summed E-state index contributed by atoms with van der Waals surface area (Å²) in [4.78, 5) is 14.4. The van der Waals surface area contributed by atoms with E-state index in [2.05, 4.69) is 5.32 Å². The molecule has 2 rings (SSSR count). The molecule has 4 nitrogen and oxygen atoms in total. The number of para-hydroxylation sites is 1. The first-order chi connectivity index (χ1) is 11.5. The number of nitrogens with one attached hydrogen (secondary N) is 1. The molecule has 0 heterocycles. The Labute approximate surface area is 148 Å². The monoisotopic (exact) mass is 346 g/mol. The highest BCUT2D eigenvalue weighted by molar-refractivity contribution is 6.33. The maximum atomic E-state index is 12.4. The Balaban J connectivity index is 1.94. The normalized spacial score (nSPS) is 12.0. The molecule has 0 fully saturated rings. The van der Waals surface area contributed by atoms with Crippen LogP contribution in [0.3, 0.4) is 0 Å². The first-order valence-electron chi connectivity index (χ1n) is 7.98. The van der Waals surface area contributed by atoms with Crippen molar-refractivity contribution < 1.29 is 9.53 Å². The maximum absolute atomic E-state index is 12.4. The van der Waals surface area contributed by atoms with E-state index in [1.54, 1.807) is 12.1 Å². The number of hydrogen-bond acceptors (Lipinski definition) is 3. The fourth-order valence-electron chi connectivity index (χ4n) is 2.28. The van der Waals surface area contributed by atoms with Crippen LogP contribution in [0.1, 0.15) is 19.4 Å². The Kier molecular flexibility index (Phi) is 6.64. The predicted molar refractivity (Wildman–Crippen MR) is 98.6 cm³/mol. The Morgan fingerprint density at radius 1 is 1.21 bits per heavy atom. The van der Waals surface area contributed by atoms with Crippen LogP contribution in [-0.2, 0) is 11.3 Å². The largest absolute Gasteiger partial charge is 0.494 e. The van der Waals surface area contributed by atoms with E-state index < -0.39 is 0 Å². The average molecular weight is 347 g/mol. The standard InChI is InChI=1S/C19H23ClN2O2/c1-4-24-16-11-9-15(10-12-16)13-22(3)14(2)19(23)21-18-8-6-5-7-17(18)20/h5-12,14H,4,13H2,1-3H3,(H,21,23)/t14-/m1/s1. The van der Waals surface area contributed by atoms with Gasteiger partial charge in [-0.15, -0.1) is 0 Å². The van der Waals surface area contributed by atoms with E-state index in [4.69, 9.17) is 16.3 Å². The molecule has 1 N–H and O–H groups in total. The summed E-state index contributed by atoms with van der Waals surface area (Å²) < 4.78 is 5.44. The molecule has 0 saturated carbocycles. The van der Waals surface area contributed by atoms with Crippen molar-refractivity contribution in [3.8, 4) is 5.75 Å². The molecule has 0 spiro atoms. The lowest BCUT2D eigenvalue weighted by atomic mass is 10.1. The molecule has 2 aromatic carbocycles. The van der Waals surface area contributed by atoms with Crippen molar-refractivity contribution in [2.24, 2.45) is 0 Å². The minimum absolute atomic E-state index is 0.0865. The van der Waals surface area contributed by atoms with E-state index in [0.717, 1.165) is 11.3 Å². The Bertz CT molecular complexity index is 673. The second kappa shape index (κ2) is 8.71. The number of carbonyl (C=O) groups is 1. The van der Waals surface area contributed by atoms with Gasteiger partial charge in [0.05, 0.1) is 23.4 Å². The molecular weight excluding hydrogens is 324 g/mol. The van der Waals surface area contributed by atoms with Gasteiger partial charge < -0.3 is 10.1 Å². The molecule has 0 bridgehead atoms. The molecule has 1 amide bonds. The van der Waals surface area contributed by atoms with Crippen LogP contribution >= 0.6 is 11.6 Å². The number of halogens is 1. The number of carbonyl (C=O) groups excluding carboxylic acids is 1. The second-order valence-electron chi connectivity index (χ2n) is 5.64. The van der Waals surface area contributed by atoms with Gasteiger partial charge in [0.25, 0.3) is 0 Å². The first kappa shape index (κ1) is 18.3. The van der Waals surface area contributed by atoms with Gasteiger partial charge in [0.15, 0.2) is 0 Å². The zero-order chi connectivity index (χ0) is 17.5. The number of anilines is 1. The molecule has 1 atom stereocenters. The second-order valence-corrected chi connectivity index (χ2v) is 6.04. The van der Waals surface area contributed by atoms with Crippen LogP contribution in [0.2, 0.25) is 5.02 Å². The summed E-state index contributed by atoms with van der Waals surface area (Å²) in [7, 11) is 1.92. The lowest BCUT2D eigenvalue weighted by molar-refractivity contribution is -0.120. The van der Waals surface area contributed by atoms with Gasteiger partial charge in [-0.3, -0.25) is 9.69 Å². The van der Waals surface area contributed by atoms with Crippen LogP contribution in [0.4, 0.5) is 5.69 Å². The molecule has 128 valence electrons. The minimum Gasteiger partial charge on any atom is -0.494 e. The molecule has 0 unspecified atom stereocenters. The summed E-state index contributed by atoms with van der Waals surface area (Å²) in [5.41, 5.74) is 1.75. The van der Waals surface area contributed by atoms with E-state index in [1.807, 2.05) is 62.2 Å². The van der Waals surface area contributed by atoms with Crippen molar-refractivity contribution in [2.75, 3.05) is 19.0 Å². The van der Waals surface area contributed by atoms with Gasteiger partial charge in [-0.25, -0.2) is 0 Å². The Morgan fingerprint density at radius 2 is 1.88 bits per heavy atom. The highest BCUT2D eigenvalue weighted by Crippen LogP contribution is 2.21. The smallest absolute Gasteiger partial charge is 0.241 e. The topological polar surface area (TPSA) is 41.6 Å². The predicted octanol–water partition coefficient (Wildman–Crippen LogP) is 4.20. The van der Waals surface area contributed by atoms with Crippen molar-refractivity contribution in [1.82, 2.24) is 4.90 Å². The van der Waals surface area contributed by atoms with Gasteiger partial charge in [-0.05, 0) is 50.7 Å². The third-order valence-electron chi connectivity index (χ3n) is 3.84. The van der Waals surface area contributed by atoms with Crippen LogP contribution in [0.5, 0.6) is 5.75 Å². The SMILES string of the molecule is CCOc1ccc(CN(C)[C@H](C)C(=O)Nc2ccccc2Cl)cc1. The Morgan fingerprint density at radius 3 is 2.50 bits per heavy atom. The summed E-state index contributed by atoms with van der Waals surface area (Å²) in [6, 6.07) is 14.9. The van der Waals surface area contributed by atoms with Crippen LogP contribution < -0.4 is 10.1 Å². The van der Waals surface area contributed by atoms with Crippen LogP contribution in [0.15, 0.2) is 48.5 Å². The fourth-order valence-corrected chi connectivity index (χ4v) is 2.47. The molecule has 0 aromatic heterocycles. The Hall–Kier alpha value is -2.04. The molecule has 24 heavy (non-hydrogen) atoms. The number of likely N-dealkylation sites (N-methyl/N-ethyl adjacent to an activating group) is 1. The zero-order valence-corrected chi connectivity index (χ0v) is 15.0. The quantitative estimate of drug-likeness (QED) is 0.817. The molecule has 5 heteroatoms. The van der Waals surface area contributed by atoms with Gasteiger partial charge in [-0.2, -0.15) is 0 Å². The van der Waals surface area contributed by atoms with E-state index in [1.165, 1.54) is 0 Å². The van der Waals surface area contributed by atoms with E-state index in [0.29, 0.717) is 23.9 Å². The molecule has 0 aliphatic heterocycles. The van der Waals surface area contributed by atoms with Crippen molar-refractivity contribution in [3.05, 3.63) is 59.1 Å². The van der Waals surface area contributed by atoms with Crippen molar-refractivity contribution in [2.45, 2.75) is 26.4 Å². The summed E-state index contributed by atoms with van der Waals surface area (Å²) >= 11 is 6.08. The number of hydrogen-bond donors (Lipinski definition) is 1. The summed E-state index contributed by atoms with van der Waals surface area (Å²) in [5, 5.41) is 3.40. The number of rotatable bonds is 7. The van der Waals surface area contributed by atoms with Gasteiger partial charge in [0, 0.05) is 6.54 Å². The van der Waals surface area contributed by atoms with Crippen LogP contribution in [0.25, 0.3) is 0 Å². The lowest BCUT2D eigenvalue weighted by Crippen LogP contribution is -2.39. The lowest BCUT2D eigenvalue weighted by Gasteiger charge is -2.24. The van der Waals surface area contributed by atoms with Crippen LogP contribution in [0, 0.1) is 0 Å². The van der Waals surface area contributed by atoms with Crippen molar-refractivity contribution in [1.29, 1.82) is 0 Å². The van der Waals surface area contributed by atoms with E-state index >= 15 is 0 Å². The third-order valence-corrected chi connectivity index (χ3v) is 4.17. The maximum Gasteiger partial charge on any atom is 0.241 e. The minimum atomic E-state index is -0.284. The highest BCUT2D eigenvalue weighted by Gasteiger charge is 2.19. The molecule has 2 aromatic rings.